The van der Waals surface area contributed by atoms with Crippen LogP contribution in [0.1, 0.15) is 6.42 Å². The first-order chi connectivity index (χ1) is 9.35. The first-order valence-electron chi connectivity index (χ1n) is 6.04. The SMILES string of the molecule is O=C(CNC1CCS(=O)(=O)C1)Nc1ccc(F)cc1F. The van der Waals surface area contributed by atoms with E-state index in [1.165, 1.54) is 0 Å². The van der Waals surface area contributed by atoms with E-state index in [1.54, 1.807) is 0 Å². The summed E-state index contributed by atoms with van der Waals surface area (Å²) < 4.78 is 48.4. The molecule has 1 aliphatic rings. The van der Waals surface area contributed by atoms with Gasteiger partial charge in [-0.2, -0.15) is 0 Å². The van der Waals surface area contributed by atoms with Gasteiger partial charge in [-0.25, -0.2) is 17.2 Å². The number of rotatable bonds is 4. The molecule has 1 aliphatic heterocycles. The Balaban J connectivity index is 1.84. The average Bonchev–Trinajstić information content (AvgIpc) is 2.70. The summed E-state index contributed by atoms with van der Waals surface area (Å²) >= 11 is 0. The van der Waals surface area contributed by atoms with Crippen molar-refractivity contribution in [3.05, 3.63) is 29.8 Å². The predicted octanol–water partition coefficient (Wildman–Crippen LogP) is 0.680. The molecule has 1 saturated heterocycles. The van der Waals surface area contributed by atoms with Gasteiger partial charge in [0.25, 0.3) is 0 Å². The van der Waals surface area contributed by atoms with Crippen molar-refractivity contribution in [2.45, 2.75) is 12.5 Å². The fraction of sp³-hybridized carbons (Fsp3) is 0.417. The molecule has 0 spiro atoms. The van der Waals surface area contributed by atoms with Crippen molar-refractivity contribution in [3.8, 4) is 0 Å². The van der Waals surface area contributed by atoms with Crippen LogP contribution in [0.5, 0.6) is 0 Å². The standard InChI is InChI=1S/C12H14F2N2O3S/c13-8-1-2-11(10(14)5-8)16-12(17)6-15-9-3-4-20(18,19)7-9/h1-2,5,9,15H,3-4,6-7H2,(H,16,17). The second kappa shape index (κ2) is 5.84. The summed E-state index contributed by atoms with van der Waals surface area (Å²) in [5.41, 5.74) is -0.114. The van der Waals surface area contributed by atoms with E-state index in [1.807, 2.05) is 0 Å². The normalized spacial score (nSPS) is 20.8. The van der Waals surface area contributed by atoms with Gasteiger partial charge in [-0.15, -0.1) is 0 Å². The monoisotopic (exact) mass is 304 g/mol. The average molecular weight is 304 g/mol. The second-order valence-corrected chi connectivity index (χ2v) is 6.88. The number of benzene rings is 1. The summed E-state index contributed by atoms with van der Waals surface area (Å²) in [5, 5.41) is 5.09. The zero-order chi connectivity index (χ0) is 14.8. The molecule has 8 heteroatoms. The molecule has 5 nitrogen and oxygen atoms in total. The Morgan fingerprint density at radius 2 is 2.10 bits per heavy atom. The molecule has 0 aliphatic carbocycles. The quantitative estimate of drug-likeness (QED) is 0.858. The Bertz CT molecular complexity index is 619. The highest BCUT2D eigenvalue weighted by atomic mass is 32.2. The Kier molecular flexibility index (Phi) is 4.34. The van der Waals surface area contributed by atoms with E-state index in [-0.39, 0.29) is 29.8 Å². The highest BCUT2D eigenvalue weighted by molar-refractivity contribution is 7.91. The van der Waals surface area contributed by atoms with Crippen LogP contribution in [0.3, 0.4) is 0 Å². The molecule has 0 saturated carbocycles. The topological polar surface area (TPSA) is 75.3 Å². The number of hydrogen-bond donors (Lipinski definition) is 2. The minimum atomic E-state index is -3.01. The van der Waals surface area contributed by atoms with Gasteiger partial charge in [0.05, 0.1) is 23.7 Å². The summed E-state index contributed by atoms with van der Waals surface area (Å²) in [6.07, 6.45) is 0.459. The molecule has 1 atom stereocenters. The molecular weight excluding hydrogens is 290 g/mol. The van der Waals surface area contributed by atoms with Crippen molar-refractivity contribution in [1.82, 2.24) is 5.32 Å². The van der Waals surface area contributed by atoms with Crippen molar-refractivity contribution < 1.29 is 22.0 Å². The molecule has 110 valence electrons. The maximum absolute atomic E-state index is 13.3. The number of carbonyl (C=O) groups excluding carboxylic acids is 1. The van der Waals surface area contributed by atoms with Crippen LogP contribution in [0.25, 0.3) is 0 Å². The van der Waals surface area contributed by atoms with Crippen LogP contribution in [-0.4, -0.2) is 38.4 Å². The molecule has 20 heavy (non-hydrogen) atoms. The summed E-state index contributed by atoms with van der Waals surface area (Å²) in [4.78, 5) is 11.6. The van der Waals surface area contributed by atoms with Crippen molar-refractivity contribution >= 4 is 21.4 Å². The smallest absolute Gasteiger partial charge is 0.238 e. The zero-order valence-corrected chi connectivity index (χ0v) is 11.3. The molecule has 1 fully saturated rings. The van der Waals surface area contributed by atoms with E-state index >= 15 is 0 Å². The van der Waals surface area contributed by atoms with Gasteiger partial charge in [-0.1, -0.05) is 0 Å². The summed E-state index contributed by atoms with van der Waals surface area (Å²) in [7, 11) is -3.01. The Morgan fingerprint density at radius 3 is 2.70 bits per heavy atom. The Hall–Kier alpha value is -1.54. The fourth-order valence-electron chi connectivity index (χ4n) is 1.98. The van der Waals surface area contributed by atoms with E-state index in [0.29, 0.717) is 12.5 Å². The lowest BCUT2D eigenvalue weighted by atomic mass is 10.2. The first-order valence-corrected chi connectivity index (χ1v) is 7.86. The van der Waals surface area contributed by atoms with Crippen LogP contribution >= 0.6 is 0 Å². The largest absolute Gasteiger partial charge is 0.322 e. The van der Waals surface area contributed by atoms with Gasteiger partial charge in [0.15, 0.2) is 9.84 Å². The fourth-order valence-corrected chi connectivity index (χ4v) is 3.69. The van der Waals surface area contributed by atoms with Crippen LogP contribution in [0, 0.1) is 11.6 Å². The number of nitrogens with one attached hydrogen (secondary N) is 2. The molecule has 1 unspecified atom stereocenters. The van der Waals surface area contributed by atoms with Gasteiger partial charge in [0, 0.05) is 12.1 Å². The third-order valence-electron chi connectivity index (χ3n) is 2.99. The van der Waals surface area contributed by atoms with Crippen LogP contribution in [0.4, 0.5) is 14.5 Å². The van der Waals surface area contributed by atoms with Crippen molar-refractivity contribution in [3.63, 3.8) is 0 Å². The molecule has 2 rings (SSSR count). The zero-order valence-electron chi connectivity index (χ0n) is 10.5. The van der Waals surface area contributed by atoms with Crippen molar-refractivity contribution in [1.29, 1.82) is 0 Å². The van der Waals surface area contributed by atoms with Gasteiger partial charge in [0.1, 0.15) is 11.6 Å². The number of anilines is 1. The molecular formula is C12H14F2N2O3S. The molecule has 0 aromatic heterocycles. The van der Waals surface area contributed by atoms with Gasteiger partial charge in [-0.3, -0.25) is 4.79 Å². The highest BCUT2D eigenvalue weighted by Crippen LogP contribution is 2.15. The van der Waals surface area contributed by atoms with E-state index in [4.69, 9.17) is 0 Å². The van der Waals surface area contributed by atoms with Crippen LogP contribution in [0.2, 0.25) is 0 Å². The molecule has 1 aromatic carbocycles. The lowest BCUT2D eigenvalue weighted by molar-refractivity contribution is -0.115. The maximum Gasteiger partial charge on any atom is 0.238 e. The van der Waals surface area contributed by atoms with Crippen molar-refractivity contribution in [2.75, 3.05) is 23.4 Å². The third kappa shape index (κ3) is 3.97. The molecule has 0 bridgehead atoms. The molecule has 2 N–H and O–H groups in total. The summed E-state index contributed by atoms with van der Waals surface area (Å²) in [6.45, 7) is -0.128. The maximum atomic E-state index is 13.3. The van der Waals surface area contributed by atoms with E-state index in [2.05, 4.69) is 10.6 Å². The number of halogens is 2. The van der Waals surface area contributed by atoms with Crippen LogP contribution in [0.15, 0.2) is 18.2 Å². The van der Waals surface area contributed by atoms with Gasteiger partial charge >= 0.3 is 0 Å². The lowest BCUT2D eigenvalue weighted by Gasteiger charge is -2.11. The van der Waals surface area contributed by atoms with Gasteiger partial charge < -0.3 is 10.6 Å². The number of sulfone groups is 1. The first kappa shape index (κ1) is 14.9. The highest BCUT2D eigenvalue weighted by Gasteiger charge is 2.27. The molecule has 1 amide bonds. The summed E-state index contributed by atoms with van der Waals surface area (Å²) in [6, 6.07) is 2.58. The van der Waals surface area contributed by atoms with Crippen LogP contribution in [-0.2, 0) is 14.6 Å². The Labute approximate surface area is 115 Å². The molecule has 1 aromatic rings. The van der Waals surface area contributed by atoms with E-state index in [9.17, 15) is 22.0 Å². The number of hydrogen-bond acceptors (Lipinski definition) is 4. The Morgan fingerprint density at radius 1 is 1.35 bits per heavy atom. The minimum absolute atomic E-state index is 0.00515. The predicted molar refractivity (Wildman–Crippen MR) is 70.0 cm³/mol. The lowest BCUT2D eigenvalue weighted by Crippen LogP contribution is -2.36. The second-order valence-electron chi connectivity index (χ2n) is 4.65. The van der Waals surface area contributed by atoms with Gasteiger partial charge in [-0.05, 0) is 18.6 Å². The molecule has 0 radical (unpaired) electrons. The van der Waals surface area contributed by atoms with E-state index < -0.39 is 27.4 Å². The molecule has 1 heterocycles. The number of amides is 1. The summed E-state index contributed by atoms with van der Waals surface area (Å²) in [5.74, 6) is -1.99. The minimum Gasteiger partial charge on any atom is -0.322 e. The number of carbonyl (C=O) groups is 1. The van der Waals surface area contributed by atoms with Crippen molar-refractivity contribution in [2.24, 2.45) is 0 Å². The van der Waals surface area contributed by atoms with Gasteiger partial charge in [0.2, 0.25) is 5.91 Å². The van der Waals surface area contributed by atoms with Crippen LogP contribution < -0.4 is 10.6 Å². The third-order valence-corrected chi connectivity index (χ3v) is 4.76. The van der Waals surface area contributed by atoms with E-state index in [0.717, 1.165) is 12.1 Å².